The third-order valence-electron chi connectivity index (χ3n) is 10.5. The third kappa shape index (κ3) is 3.90. The monoisotopic (exact) mass is 636 g/mol. The Kier molecular flexibility index (Phi) is 5.70. The van der Waals surface area contributed by atoms with Crippen LogP contribution in [0.1, 0.15) is 0 Å². The molecule has 0 amide bonds. The van der Waals surface area contributed by atoms with Gasteiger partial charge in [0.25, 0.3) is 0 Å². The van der Waals surface area contributed by atoms with Gasteiger partial charge in [0.05, 0.1) is 5.39 Å². The highest BCUT2D eigenvalue weighted by atomic mass is 16.3. The van der Waals surface area contributed by atoms with Gasteiger partial charge in [-0.2, -0.15) is 0 Å². The molecular formula is C48H28O2. The molecule has 50 heavy (non-hydrogen) atoms. The first kappa shape index (κ1) is 27.3. The van der Waals surface area contributed by atoms with Gasteiger partial charge in [0.15, 0.2) is 0 Å². The van der Waals surface area contributed by atoms with Gasteiger partial charge in [-0.15, -0.1) is 0 Å². The van der Waals surface area contributed by atoms with Crippen LogP contribution in [0.25, 0.3) is 110 Å². The molecule has 2 heterocycles. The second-order valence-electron chi connectivity index (χ2n) is 13.2. The van der Waals surface area contributed by atoms with Crippen molar-refractivity contribution < 1.29 is 8.83 Å². The van der Waals surface area contributed by atoms with Gasteiger partial charge < -0.3 is 8.83 Å². The van der Waals surface area contributed by atoms with Crippen LogP contribution < -0.4 is 0 Å². The molecule has 0 bridgehead atoms. The van der Waals surface area contributed by atoms with Crippen LogP contribution in [-0.2, 0) is 0 Å². The van der Waals surface area contributed by atoms with E-state index < -0.39 is 0 Å². The average Bonchev–Trinajstić information content (AvgIpc) is 3.75. The zero-order chi connectivity index (χ0) is 32.8. The Balaban J connectivity index is 1.12. The Bertz CT molecular complexity index is 3090. The van der Waals surface area contributed by atoms with E-state index in [9.17, 15) is 0 Å². The number of furan rings is 2. The van der Waals surface area contributed by atoms with Crippen molar-refractivity contribution in [2.45, 2.75) is 0 Å². The molecule has 0 aliphatic heterocycles. The number of hydrogen-bond donors (Lipinski definition) is 0. The quantitative estimate of drug-likeness (QED) is 0.180. The largest absolute Gasteiger partial charge is 0.456 e. The number of para-hydroxylation sites is 1. The summed E-state index contributed by atoms with van der Waals surface area (Å²) >= 11 is 0. The number of rotatable bonds is 3. The summed E-state index contributed by atoms with van der Waals surface area (Å²) < 4.78 is 12.7. The van der Waals surface area contributed by atoms with E-state index in [4.69, 9.17) is 8.83 Å². The molecule has 2 aromatic heterocycles. The minimum absolute atomic E-state index is 0.844. The molecule has 2 heteroatoms. The molecular weight excluding hydrogens is 609 g/mol. The predicted octanol–water partition coefficient (Wildman–Crippen LogP) is 13.9. The second kappa shape index (κ2) is 10.4. The zero-order valence-electron chi connectivity index (χ0n) is 27.0. The molecule has 11 rings (SSSR count). The van der Waals surface area contributed by atoms with Gasteiger partial charge in [-0.25, -0.2) is 0 Å². The van der Waals surface area contributed by atoms with Gasteiger partial charge in [0, 0.05) is 16.2 Å². The van der Waals surface area contributed by atoms with Crippen LogP contribution >= 0.6 is 0 Å². The van der Waals surface area contributed by atoms with Crippen molar-refractivity contribution in [3.8, 4) is 33.4 Å². The lowest BCUT2D eigenvalue weighted by molar-refractivity contribution is 0.663. The average molecular weight is 637 g/mol. The van der Waals surface area contributed by atoms with Crippen molar-refractivity contribution >= 4 is 76.2 Å². The highest BCUT2D eigenvalue weighted by Crippen LogP contribution is 2.46. The van der Waals surface area contributed by atoms with Crippen molar-refractivity contribution in [2.75, 3.05) is 0 Å². The molecule has 0 radical (unpaired) electrons. The molecule has 0 aliphatic rings. The standard InChI is InChI=1S/C48H28O2/c1-2-15-33-29(11-1)12-10-21-34(33)46-37-18-5-3-16-35(37)45(36-17-4-6-19-38(36)46)32-14-9-13-30(27-32)31-23-25-43-41(28-31)39-24-26-44-47(48(39)50-43)40-20-7-8-22-42(40)49-44/h1-28H. The van der Waals surface area contributed by atoms with Gasteiger partial charge in [-0.1, -0.05) is 133 Å². The van der Waals surface area contributed by atoms with Gasteiger partial charge in [0.2, 0.25) is 0 Å². The molecule has 0 saturated carbocycles. The minimum Gasteiger partial charge on any atom is -0.456 e. The highest BCUT2D eigenvalue weighted by Gasteiger charge is 2.19. The first-order valence-electron chi connectivity index (χ1n) is 17.1. The Morgan fingerprint density at radius 1 is 0.300 bits per heavy atom. The summed E-state index contributed by atoms with van der Waals surface area (Å²) in [5.41, 5.74) is 10.8. The molecule has 0 spiro atoms. The maximum atomic E-state index is 6.53. The molecule has 0 saturated heterocycles. The summed E-state index contributed by atoms with van der Waals surface area (Å²) in [6.45, 7) is 0. The smallest absolute Gasteiger partial charge is 0.147 e. The van der Waals surface area contributed by atoms with E-state index in [1.807, 2.05) is 18.2 Å². The van der Waals surface area contributed by atoms with Crippen molar-refractivity contribution in [3.63, 3.8) is 0 Å². The summed E-state index contributed by atoms with van der Waals surface area (Å²) in [6, 6.07) is 61.0. The van der Waals surface area contributed by atoms with Gasteiger partial charge in [-0.05, 0) is 102 Å². The van der Waals surface area contributed by atoms with Crippen molar-refractivity contribution in [2.24, 2.45) is 0 Å². The Morgan fingerprint density at radius 2 is 0.880 bits per heavy atom. The Morgan fingerprint density at radius 3 is 1.68 bits per heavy atom. The molecule has 0 atom stereocenters. The Hall–Kier alpha value is -6.64. The normalized spacial score (nSPS) is 12.0. The van der Waals surface area contributed by atoms with Crippen molar-refractivity contribution in [3.05, 3.63) is 170 Å². The van der Waals surface area contributed by atoms with Crippen LogP contribution in [0.3, 0.4) is 0 Å². The van der Waals surface area contributed by atoms with Gasteiger partial charge in [-0.3, -0.25) is 0 Å². The van der Waals surface area contributed by atoms with Crippen LogP contribution in [0.5, 0.6) is 0 Å². The summed E-state index contributed by atoms with van der Waals surface area (Å²) in [4.78, 5) is 0. The van der Waals surface area contributed by atoms with E-state index >= 15 is 0 Å². The van der Waals surface area contributed by atoms with Crippen LogP contribution in [0.4, 0.5) is 0 Å². The minimum atomic E-state index is 0.844. The summed E-state index contributed by atoms with van der Waals surface area (Å²) in [6.07, 6.45) is 0. The van der Waals surface area contributed by atoms with E-state index in [2.05, 4.69) is 152 Å². The summed E-state index contributed by atoms with van der Waals surface area (Å²) in [5.74, 6) is 0. The zero-order valence-corrected chi connectivity index (χ0v) is 27.0. The van der Waals surface area contributed by atoms with E-state index in [0.29, 0.717) is 0 Å². The molecule has 9 aromatic carbocycles. The molecule has 0 aliphatic carbocycles. The molecule has 2 nitrogen and oxygen atoms in total. The van der Waals surface area contributed by atoms with Crippen LogP contribution in [-0.4, -0.2) is 0 Å². The van der Waals surface area contributed by atoms with E-state index in [-0.39, 0.29) is 0 Å². The van der Waals surface area contributed by atoms with Crippen LogP contribution in [0.15, 0.2) is 179 Å². The van der Waals surface area contributed by atoms with E-state index in [1.165, 1.54) is 60.1 Å². The van der Waals surface area contributed by atoms with Gasteiger partial charge >= 0.3 is 0 Å². The lowest BCUT2D eigenvalue weighted by Crippen LogP contribution is -1.92. The number of hydrogen-bond acceptors (Lipinski definition) is 2. The maximum Gasteiger partial charge on any atom is 0.147 e. The fourth-order valence-electron chi connectivity index (χ4n) is 8.25. The molecule has 0 N–H and O–H groups in total. The SMILES string of the molecule is c1cc(-c2ccc3oc4c(ccc5oc6ccccc6c54)c3c2)cc(-c2c3ccccc3c(-c3cccc4ccccc34)c3ccccc23)c1. The first-order valence-corrected chi connectivity index (χ1v) is 17.1. The first-order chi connectivity index (χ1) is 24.8. The lowest BCUT2D eigenvalue weighted by Gasteiger charge is -2.19. The lowest BCUT2D eigenvalue weighted by atomic mass is 9.84. The topological polar surface area (TPSA) is 26.3 Å². The fourth-order valence-corrected chi connectivity index (χ4v) is 8.25. The van der Waals surface area contributed by atoms with Crippen molar-refractivity contribution in [1.29, 1.82) is 0 Å². The maximum absolute atomic E-state index is 6.53. The Labute approximate surface area is 287 Å². The highest BCUT2D eigenvalue weighted by molar-refractivity contribution is 6.24. The van der Waals surface area contributed by atoms with E-state index in [1.54, 1.807) is 0 Å². The van der Waals surface area contributed by atoms with E-state index in [0.717, 1.165) is 49.4 Å². The van der Waals surface area contributed by atoms with Crippen LogP contribution in [0.2, 0.25) is 0 Å². The summed E-state index contributed by atoms with van der Waals surface area (Å²) in [7, 11) is 0. The molecule has 232 valence electrons. The molecule has 0 unspecified atom stereocenters. The second-order valence-corrected chi connectivity index (χ2v) is 13.2. The molecule has 0 fully saturated rings. The van der Waals surface area contributed by atoms with Gasteiger partial charge in [0.1, 0.15) is 22.3 Å². The predicted molar refractivity (Wildman–Crippen MR) is 210 cm³/mol. The number of fused-ring (bicyclic) bond motifs is 10. The summed E-state index contributed by atoms with van der Waals surface area (Å²) in [5, 5.41) is 11.8. The van der Waals surface area contributed by atoms with Crippen LogP contribution in [0, 0.1) is 0 Å². The third-order valence-corrected chi connectivity index (χ3v) is 10.5. The fraction of sp³-hybridized carbons (Fsp3) is 0. The molecule has 11 aromatic rings. The van der Waals surface area contributed by atoms with Crippen molar-refractivity contribution in [1.82, 2.24) is 0 Å². The number of benzene rings is 9.